The zero-order chi connectivity index (χ0) is 20.1. The largest absolute Gasteiger partial charge is 0.492 e. The molecule has 0 aliphatic carbocycles. The number of hydrogen-bond acceptors (Lipinski definition) is 5. The Kier molecular flexibility index (Phi) is 6.12. The predicted octanol–water partition coefficient (Wildman–Crippen LogP) is 4.90. The normalized spacial score (nSPS) is 13.9. The van der Waals surface area contributed by atoms with Gasteiger partial charge in [-0.2, -0.15) is 0 Å². The summed E-state index contributed by atoms with van der Waals surface area (Å²) in [7, 11) is 0. The van der Waals surface area contributed by atoms with Gasteiger partial charge in [-0.05, 0) is 42.8 Å². The van der Waals surface area contributed by atoms with Crippen LogP contribution in [0.25, 0.3) is 10.4 Å². The molecule has 5 nitrogen and oxygen atoms in total. The molecule has 0 radical (unpaired) electrons. The summed E-state index contributed by atoms with van der Waals surface area (Å²) >= 11 is 1.45. The van der Waals surface area contributed by atoms with Crippen LogP contribution in [0.2, 0.25) is 0 Å². The number of anilines is 2. The van der Waals surface area contributed by atoms with Gasteiger partial charge in [-0.1, -0.05) is 30.3 Å². The maximum absolute atomic E-state index is 12.9. The van der Waals surface area contributed by atoms with Gasteiger partial charge in [-0.3, -0.25) is 4.79 Å². The van der Waals surface area contributed by atoms with Crippen LogP contribution in [0.4, 0.5) is 11.4 Å². The minimum atomic E-state index is -0.153. The van der Waals surface area contributed by atoms with Crippen LogP contribution in [0.15, 0.2) is 60.7 Å². The molecule has 0 spiro atoms. The van der Waals surface area contributed by atoms with Crippen molar-refractivity contribution in [2.45, 2.75) is 6.92 Å². The molecule has 2 heterocycles. The van der Waals surface area contributed by atoms with E-state index in [1.54, 1.807) is 0 Å². The molecule has 3 aromatic rings. The predicted molar refractivity (Wildman–Crippen MR) is 118 cm³/mol. The van der Waals surface area contributed by atoms with Crippen molar-refractivity contribution in [1.82, 2.24) is 0 Å². The third-order valence-electron chi connectivity index (χ3n) is 4.76. The van der Waals surface area contributed by atoms with Gasteiger partial charge >= 0.3 is 0 Å². The summed E-state index contributed by atoms with van der Waals surface area (Å²) in [5.74, 6) is 0.471. The van der Waals surface area contributed by atoms with Crippen molar-refractivity contribution in [2.24, 2.45) is 0 Å². The molecule has 0 atom stereocenters. The minimum absolute atomic E-state index is 0.153. The summed E-state index contributed by atoms with van der Waals surface area (Å²) in [5, 5.41) is 3.00. The first-order valence-electron chi connectivity index (χ1n) is 9.81. The van der Waals surface area contributed by atoms with E-state index in [1.165, 1.54) is 11.3 Å². The summed E-state index contributed by atoms with van der Waals surface area (Å²) < 4.78 is 11.1. The van der Waals surface area contributed by atoms with Gasteiger partial charge in [0.15, 0.2) is 0 Å². The molecule has 1 saturated heterocycles. The van der Waals surface area contributed by atoms with Crippen molar-refractivity contribution in [1.29, 1.82) is 0 Å². The molecule has 1 aromatic heterocycles. The van der Waals surface area contributed by atoms with E-state index in [1.807, 2.05) is 67.6 Å². The van der Waals surface area contributed by atoms with Crippen molar-refractivity contribution in [3.05, 3.63) is 65.5 Å². The smallest absolute Gasteiger partial charge is 0.269 e. The van der Waals surface area contributed by atoms with Crippen LogP contribution in [0, 0.1) is 0 Å². The van der Waals surface area contributed by atoms with E-state index in [9.17, 15) is 4.79 Å². The van der Waals surface area contributed by atoms with Gasteiger partial charge in [0, 0.05) is 29.3 Å². The van der Waals surface area contributed by atoms with Gasteiger partial charge in [0.25, 0.3) is 5.91 Å². The molecule has 2 aromatic carbocycles. The molecule has 0 saturated carbocycles. The molecule has 1 amide bonds. The Balaban J connectivity index is 1.51. The molecule has 1 N–H and O–H groups in total. The maximum atomic E-state index is 12.9. The molecule has 1 aliphatic rings. The Labute approximate surface area is 174 Å². The van der Waals surface area contributed by atoms with Gasteiger partial charge < -0.3 is 19.7 Å². The van der Waals surface area contributed by atoms with Crippen LogP contribution in [0.5, 0.6) is 5.75 Å². The van der Waals surface area contributed by atoms with E-state index >= 15 is 0 Å². The highest BCUT2D eigenvalue weighted by Gasteiger charge is 2.19. The van der Waals surface area contributed by atoms with Gasteiger partial charge in [-0.15, -0.1) is 11.3 Å². The third-order valence-corrected chi connectivity index (χ3v) is 5.93. The highest BCUT2D eigenvalue weighted by Crippen LogP contribution is 2.37. The highest BCUT2D eigenvalue weighted by atomic mass is 32.1. The molecular weight excluding hydrogens is 384 g/mol. The quantitative estimate of drug-likeness (QED) is 0.630. The summed E-state index contributed by atoms with van der Waals surface area (Å²) in [4.78, 5) is 16.8. The number of morpholine rings is 1. The van der Waals surface area contributed by atoms with E-state index in [0.717, 1.165) is 48.1 Å². The first kappa shape index (κ1) is 19.5. The summed E-state index contributed by atoms with van der Waals surface area (Å²) in [5.41, 5.74) is 2.99. The van der Waals surface area contributed by atoms with Crippen molar-refractivity contribution in [3.8, 4) is 16.2 Å². The molecule has 29 heavy (non-hydrogen) atoms. The van der Waals surface area contributed by atoms with E-state index in [4.69, 9.17) is 9.47 Å². The number of ether oxygens (including phenoxy) is 2. The molecule has 4 rings (SSSR count). The fourth-order valence-electron chi connectivity index (χ4n) is 3.30. The number of carbonyl (C=O) groups excluding carboxylic acids is 1. The number of nitrogens with one attached hydrogen (secondary N) is 1. The second-order valence-corrected chi connectivity index (χ2v) is 7.76. The van der Waals surface area contributed by atoms with Crippen LogP contribution < -0.4 is 15.0 Å². The lowest BCUT2D eigenvalue weighted by atomic mass is 10.2. The zero-order valence-electron chi connectivity index (χ0n) is 16.4. The molecular formula is C23H24N2O3S. The fraction of sp³-hybridized carbons (Fsp3) is 0.261. The molecule has 1 fully saturated rings. The molecule has 1 aliphatic heterocycles. The fourth-order valence-corrected chi connectivity index (χ4v) is 4.31. The lowest BCUT2D eigenvalue weighted by molar-refractivity contribution is 0.102. The Morgan fingerprint density at radius 2 is 1.83 bits per heavy atom. The second kappa shape index (κ2) is 9.11. The van der Waals surface area contributed by atoms with Gasteiger partial charge in [0.1, 0.15) is 10.6 Å². The molecule has 6 heteroatoms. The zero-order valence-corrected chi connectivity index (χ0v) is 17.2. The standard InChI is InChI=1S/C23H24N2O3S/c1-2-28-20-16-21(17-6-4-3-5-7-17)29-22(20)23(26)24-18-8-10-19(11-9-18)25-12-14-27-15-13-25/h3-11,16H,2,12-15H2,1H3,(H,24,26). The van der Waals surface area contributed by atoms with E-state index in [0.29, 0.717) is 17.2 Å². The van der Waals surface area contributed by atoms with Crippen LogP contribution in [-0.4, -0.2) is 38.8 Å². The Bertz CT molecular complexity index is 948. The first-order chi connectivity index (χ1) is 14.2. The van der Waals surface area contributed by atoms with E-state index in [2.05, 4.69) is 10.2 Å². The number of hydrogen-bond donors (Lipinski definition) is 1. The van der Waals surface area contributed by atoms with Gasteiger partial charge in [0.2, 0.25) is 0 Å². The van der Waals surface area contributed by atoms with Crippen LogP contribution in [0.1, 0.15) is 16.6 Å². The van der Waals surface area contributed by atoms with Crippen molar-refractivity contribution >= 4 is 28.6 Å². The van der Waals surface area contributed by atoms with Crippen LogP contribution in [-0.2, 0) is 4.74 Å². The lowest BCUT2D eigenvalue weighted by Gasteiger charge is -2.28. The van der Waals surface area contributed by atoms with Gasteiger partial charge in [0.05, 0.1) is 19.8 Å². The molecule has 0 unspecified atom stereocenters. The average Bonchev–Trinajstić information content (AvgIpc) is 3.20. The number of benzene rings is 2. The summed E-state index contributed by atoms with van der Waals surface area (Å²) in [6.07, 6.45) is 0. The molecule has 0 bridgehead atoms. The number of rotatable bonds is 6. The van der Waals surface area contributed by atoms with Crippen LogP contribution in [0.3, 0.4) is 0 Å². The highest BCUT2D eigenvalue weighted by molar-refractivity contribution is 7.17. The number of thiophene rings is 1. The Morgan fingerprint density at radius 3 is 2.52 bits per heavy atom. The second-order valence-electron chi connectivity index (χ2n) is 6.70. The SMILES string of the molecule is CCOc1cc(-c2ccccc2)sc1C(=O)Nc1ccc(N2CCOCC2)cc1. The van der Waals surface area contributed by atoms with Crippen molar-refractivity contribution < 1.29 is 14.3 Å². The summed E-state index contributed by atoms with van der Waals surface area (Å²) in [6, 6.07) is 19.9. The lowest BCUT2D eigenvalue weighted by Crippen LogP contribution is -2.36. The first-order valence-corrected chi connectivity index (χ1v) is 10.6. The monoisotopic (exact) mass is 408 g/mol. The van der Waals surface area contributed by atoms with Crippen LogP contribution >= 0.6 is 11.3 Å². The third kappa shape index (κ3) is 4.60. The minimum Gasteiger partial charge on any atom is -0.492 e. The topological polar surface area (TPSA) is 50.8 Å². The van der Waals surface area contributed by atoms with Gasteiger partial charge in [-0.25, -0.2) is 0 Å². The Morgan fingerprint density at radius 1 is 1.10 bits per heavy atom. The Hall–Kier alpha value is -2.83. The van der Waals surface area contributed by atoms with Crippen molar-refractivity contribution in [2.75, 3.05) is 43.1 Å². The average molecular weight is 409 g/mol. The van der Waals surface area contributed by atoms with E-state index in [-0.39, 0.29) is 5.91 Å². The van der Waals surface area contributed by atoms with Crippen molar-refractivity contribution in [3.63, 3.8) is 0 Å². The number of carbonyl (C=O) groups is 1. The number of nitrogens with zero attached hydrogens (tertiary/aromatic N) is 1. The van der Waals surface area contributed by atoms with E-state index < -0.39 is 0 Å². The number of amides is 1. The molecule has 150 valence electrons. The summed E-state index contributed by atoms with van der Waals surface area (Å²) in [6.45, 7) is 5.72. The maximum Gasteiger partial charge on any atom is 0.269 e.